The summed E-state index contributed by atoms with van der Waals surface area (Å²) in [4.78, 5) is 37.6. The molecule has 9 nitrogen and oxygen atoms in total. The molecule has 4 rings (SSSR count). The first-order valence-electron chi connectivity index (χ1n) is 12.2. The van der Waals surface area contributed by atoms with Crippen molar-refractivity contribution in [1.29, 1.82) is 0 Å². The van der Waals surface area contributed by atoms with Crippen LogP contribution in [0.5, 0.6) is 5.75 Å². The van der Waals surface area contributed by atoms with E-state index in [-0.39, 0.29) is 11.7 Å². The number of thioether (sulfide) groups is 1. The van der Waals surface area contributed by atoms with Crippen LogP contribution in [0, 0.1) is 11.6 Å². The third-order valence-electron chi connectivity index (χ3n) is 6.25. The molecule has 210 valence electrons. The first kappa shape index (κ1) is 29.0. The van der Waals surface area contributed by atoms with Crippen molar-refractivity contribution in [3.05, 3.63) is 95.6 Å². The summed E-state index contributed by atoms with van der Waals surface area (Å²) in [7, 11) is 0. The Balaban J connectivity index is 1.46. The topological polar surface area (TPSA) is 136 Å². The molecular formula is C28H26F2N2O7S. The molecule has 4 atom stereocenters. The number of rotatable bonds is 12. The number of β-lactam (4-membered cyclic amide) rings is 1. The van der Waals surface area contributed by atoms with Gasteiger partial charge in [0, 0.05) is 11.4 Å². The monoisotopic (exact) mass is 572 g/mol. The Labute approximate surface area is 232 Å². The fourth-order valence-electron chi connectivity index (χ4n) is 4.15. The highest BCUT2D eigenvalue weighted by atomic mass is 32.2. The van der Waals surface area contributed by atoms with E-state index in [2.05, 4.69) is 5.32 Å². The summed E-state index contributed by atoms with van der Waals surface area (Å²) in [6, 6.07) is 15.7. The smallest absolute Gasteiger partial charge is 0.328 e. The highest BCUT2D eigenvalue weighted by Crippen LogP contribution is 2.46. The van der Waals surface area contributed by atoms with E-state index in [0.717, 1.165) is 5.56 Å². The number of benzene rings is 3. The lowest BCUT2D eigenvalue weighted by atomic mass is 9.92. The van der Waals surface area contributed by atoms with E-state index < -0.39 is 60.2 Å². The Morgan fingerprint density at radius 3 is 2.15 bits per heavy atom. The molecule has 40 heavy (non-hydrogen) atoms. The van der Waals surface area contributed by atoms with Gasteiger partial charge in [-0.3, -0.25) is 9.59 Å². The highest BCUT2D eigenvalue weighted by molar-refractivity contribution is 8.00. The average Bonchev–Trinajstić information content (AvgIpc) is 2.95. The Morgan fingerprint density at radius 1 is 0.975 bits per heavy atom. The molecule has 0 saturated carbocycles. The summed E-state index contributed by atoms with van der Waals surface area (Å²) in [5, 5.41) is 30.1. The minimum absolute atomic E-state index is 0.178. The van der Waals surface area contributed by atoms with Gasteiger partial charge in [0.1, 0.15) is 28.7 Å². The number of halogens is 2. The summed E-state index contributed by atoms with van der Waals surface area (Å²) < 4.78 is 32.2. The number of aliphatic carboxylic acids is 1. The van der Waals surface area contributed by atoms with Crippen LogP contribution in [0.4, 0.5) is 14.5 Å². The quantitative estimate of drug-likeness (QED) is 0.243. The molecule has 1 unspecified atom stereocenters. The zero-order valence-corrected chi connectivity index (χ0v) is 21.8. The molecule has 0 radical (unpaired) electrons. The Morgan fingerprint density at radius 2 is 1.57 bits per heavy atom. The zero-order chi connectivity index (χ0) is 28.8. The van der Waals surface area contributed by atoms with Crippen LogP contribution in [0.15, 0.2) is 72.8 Å². The van der Waals surface area contributed by atoms with Gasteiger partial charge in [-0.1, -0.05) is 24.3 Å². The highest BCUT2D eigenvalue weighted by Gasteiger charge is 2.49. The van der Waals surface area contributed by atoms with Gasteiger partial charge in [0.15, 0.2) is 6.61 Å². The maximum absolute atomic E-state index is 13.5. The van der Waals surface area contributed by atoms with Gasteiger partial charge in [0.05, 0.1) is 18.8 Å². The van der Waals surface area contributed by atoms with Crippen molar-refractivity contribution in [2.45, 2.75) is 23.4 Å². The summed E-state index contributed by atoms with van der Waals surface area (Å²) in [6.45, 7) is -1.24. The molecule has 12 heteroatoms. The molecule has 3 aromatic rings. The zero-order valence-electron chi connectivity index (χ0n) is 20.9. The predicted octanol–water partition coefficient (Wildman–Crippen LogP) is 2.83. The molecule has 3 aromatic carbocycles. The first-order chi connectivity index (χ1) is 19.2. The van der Waals surface area contributed by atoms with E-state index in [1.54, 1.807) is 24.3 Å². The lowest BCUT2D eigenvalue weighted by molar-refractivity contribution is -0.143. The van der Waals surface area contributed by atoms with Crippen LogP contribution >= 0.6 is 11.8 Å². The fourth-order valence-corrected chi connectivity index (χ4v) is 5.45. The molecule has 1 aliphatic heterocycles. The summed E-state index contributed by atoms with van der Waals surface area (Å²) in [5.74, 6) is -2.70. The third kappa shape index (κ3) is 6.76. The number of carbonyl (C=O) groups is 3. The van der Waals surface area contributed by atoms with Crippen LogP contribution in [0.1, 0.15) is 23.3 Å². The maximum Gasteiger partial charge on any atom is 0.328 e. The predicted molar refractivity (Wildman–Crippen MR) is 143 cm³/mol. The van der Waals surface area contributed by atoms with E-state index in [9.17, 15) is 28.3 Å². The molecule has 0 aromatic heterocycles. The fraction of sp³-hybridized carbons (Fsp3) is 0.250. The molecule has 1 heterocycles. The minimum atomic E-state index is -1.44. The molecule has 0 aliphatic carbocycles. The largest absolute Gasteiger partial charge is 0.484 e. The van der Waals surface area contributed by atoms with Crippen LogP contribution < -0.4 is 15.0 Å². The van der Waals surface area contributed by atoms with Crippen LogP contribution in [-0.4, -0.2) is 63.4 Å². The van der Waals surface area contributed by atoms with Gasteiger partial charge in [-0.25, -0.2) is 13.6 Å². The number of anilines is 1. The lowest BCUT2D eigenvalue weighted by Gasteiger charge is -2.47. The number of nitrogens with zero attached hydrogens (tertiary/aromatic N) is 1. The summed E-state index contributed by atoms with van der Waals surface area (Å²) in [6.07, 6.45) is -0.924. The summed E-state index contributed by atoms with van der Waals surface area (Å²) >= 11 is 1.25. The van der Waals surface area contributed by atoms with E-state index in [1.807, 2.05) is 0 Å². The first-order valence-corrected chi connectivity index (χ1v) is 13.2. The SMILES string of the molecule is O=C(COc1ccc([C@@H]2[C@@H](SCC(O)c3ccc(F)cc3)C(=O)N2c2ccc(F)cc2)cc1)N[C@H](CO)C(=O)O. The van der Waals surface area contributed by atoms with Crippen LogP contribution in [0.3, 0.4) is 0 Å². The van der Waals surface area contributed by atoms with Crippen molar-refractivity contribution in [1.82, 2.24) is 5.32 Å². The second-order valence-corrected chi connectivity index (χ2v) is 10.1. The van der Waals surface area contributed by atoms with Gasteiger partial charge in [0.2, 0.25) is 5.91 Å². The van der Waals surface area contributed by atoms with E-state index in [0.29, 0.717) is 17.0 Å². The van der Waals surface area contributed by atoms with Gasteiger partial charge < -0.3 is 30.3 Å². The average molecular weight is 573 g/mol. The maximum atomic E-state index is 13.5. The van der Waals surface area contributed by atoms with Crippen molar-refractivity contribution in [3.63, 3.8) is 0 Å². The number of carboxylic acids is 1. The van der Waals surface area contributed by atoms with E-state index in [4.69, 9.17) is 14.9 Å². The van der Waals surface area contributed by atoms with Crippen molar-refractivity contribution in [3.8, 4) is 5.75 Å². The lowest BCUT2D eigenvalue weighted by Crippen LogP contribution is -2.57. The molecule has 0 bridgehead atoms. The molecule has 1 fully saturated rings. The standard InChI is InChI=1S/C28H26F2N2O7S/c29-18-5-1-16(2-6-18)23(34)15-40-26-25(32(27(26)36)20-9-7-19(30)8-10-20)17-3-11-21(12-4-17)39-14-24(35)31-22(13-33)28(37)38/h1-12,22-23,25-26,33-34H,13-15H2,(H,31,35)(H,37,38)/t22-,23?,25-,26-/m1/s1. The minimum Gasteiger partial charge on any atom is -0.484 e. The van der Waals surface area contributed by atoms with Gasteiger partial charge in [-0.05, 0) is 59.7 Å². The van der Waals surface area contributed by atoms with Crippen molar-refractivity contribution < 1.29 is 43.2 Å². The Hall–Kier alpha value is -4.00. The number of aliphatic hydroxyl groups excluding tert-OH is 2. The Kier molecular flexibility index (Phi) is 9.35. The van der Waals surface area contributed by atoms with Crippen LogP contribution in [0.25, 0.3) is 0 Å². The number of amides is 2. The number of aliphatic hydroxyl groups is 2. The van der Waals surface area contributed by atoms with Gasteiger partial charge in [-0.15, -0.1) is 11.8 Å². The van der Waals surface area contributed by atoms with Gasteiger partial charge in [-0.2, -0.15) is 0 Å². The summed E-state index contributed by atoms with van der Waals surface area (Å²) in [5.41, 5.74) is 1.74. The second-order valence-electron chi connectivity index (χ2n) is 8.95. The number of nitrogens with one attached hydrogen (secondary N) is 1. The molecular weight excluding hydrogens is 546 g/mol. The Bertz CT molecular complexity index is 1340. The molecule has 2 amide bonds. The second kappa shape index (κ2) is 12.9. The van der Waals surface area contributed by atoms with Crippen LogP contribution in [0.2, 0.25) is 0 Å². The molecule has 4 N–H and O–H groups in total. The molecule has 1 saturated heterocycles. The molecule has 1 aliphatic rings. The number of hydrogen-bond donors (Lipinski definition) is 4. The van der Waals surface area contributed by atoms with Crippen molar-refractivity contribution in [2.24, 2.45) is 0 Å². The number of hydrogen-bond acceptors (Lipinski definition) is 7. The van der Waals surface area contributed by atoms with Crippen molar-refractivity contribution >= 4 is 35.2 Å². The van der Waals surface area contributed by atoms with Gasteiger partial charge >= 0.3 is 5.97 Å². The van der Waals surface area contributed by atoms with E-state index in [1.165, 1.54) is 65.2 Å². The normalized spacial score (nSPS) is 18.0. The molecule has 0 spiro atoms. The number of ether oxygens (including phenoxy) is 1. The number of carbonyl (C=O) groups excluding carboxylic acids is 2. The third-order valence-corrected chi connectivity index (χ3v) is 7.57. The number of carboxylic acid groups (broad SMARTS) is 1. The van der Waals surface area contributed by atoms with Crippen LogP contribution in [-0.2, 0) is 14.4 Å². The van der Waals surface area contributed by atoms with Crippen molar-refractivity contribution in [2.75, 3.05) is 23.9 Å². The van der Waals surface area contributed by atoms with Gasteiger partial charge in [0.25, 0.3) is 5.91 Å². The van der Waals surface area contributed by atoms with E-state index >= 15 is 0 Å².